The van der Waals surface area contributed by atoms with Gasteiger partial charge in [0, 0.05) is 0 Å². The number of benzene rings is 1. The van der Waals surface area contributed by atoms with Crippen molar-refractivity contribution in [3.05, 3.63) is 67.0 Å². The summed E-state index contributed by atoms with van der Waals surface area (Å²) >= 11 is 1.55. The summed E-state index contributed by atoms with van der Waals surface area (Å²) in [5.74, 6) is 0. The summed E-state index contributed by atoms with van der Waals surface area (Å²) in [6.45, 7) is 4.25. The van der Waals surface area contributed by atoms with E-state index in [1.54, 1.807) is 24.2 Å². The summed E-state index contributed by atoms with van der Waals surface area (Å²) in [4.78, 5) is 2.74. The summed E-state index contributed by atoms with van der Waals surface area (Å²) in [5, 5.41) is 2.66. The average Bonchev–Trinajstić information content (AvgIpc) is 3.03. The summed E-state index contributed by atoms with van der Waals surface area (Å²) in [6.07, 6.45) is 4.56. The van der Waals surface area contributed by atoms with Gasteiger partial charge >= 0.3 is 41.3 Å². The first-order chi connectivity index (χ1) is 8.70. The topological polar surface area (TPSA) is 15.8 Å². The Morgan fingerprint density at radius 3 is 2.20 bits per heavy atom. The minimum Gasteiger partial charge on any atom is -1.00 e. The molecule has 1 N–H and O–H groups in total. The Balaban J connectivity index is 0. The second-order valence-corrected chi connectivity index (χ2v) is 6.43. The summed E-state index contributed by atoms with van der Waals surface area (Å²) < 4.78 is 1.51. The van der Waals surface area contributed by atoms with Gasteiger partial charge in [-0.05, 0) is 0 Å². The van der Waals surface area contributed by atoms with Crippen LogP contribution in [0.5, 0.6) is 0 Å². The van der Waals surface area contributed by atoms with E-state index in [0.29, 0.717) is 0 Å². The van der Waals surface area contributed by atoms with Gasteiger partial charge in [-0.2, -0.15) is 35.8 Å². The molecule has 0 amide bonds. The molecule has 3 rings (SSSR count). The first-order valence-electron chi connectivity index (χ1n) is 5.82. The van der Waals surface area contributed by atoms with Crippen molar-refractivity contribution in [3.63, 3.8) is 0 Å². The summed E-state index contributed by atoms with van der Waals surface area (Å²) in [7, 11) is 0. The fourth-order valence-electron chi connectivity index (χ4n) is 1.31. The first kappa shape index (κ1) is 21.7. The molecular formula is C16H17Cl2NZr-2. The SMILES string of the molecule is C[C](C)=[Zr+2].[Cl-].[Cl-].[c-]1ccc[nH]1.c1ccc2[cH-]ccc2c1. The van der Waals surface area contributed by atoms with Crippen LogP contribution in [0.2, 0.25) is 0 Å². The number of rotatable bonds is 0. The Bertz CT molecular complexity index is 507. The smallest absolute Gasteiger partial charge is 0.0809 e. The van der Waals surface area contributed by atoms with E-state index in [2.05, 4.69) is 67.5 Å². The predicted octanol–water partition coefficient (Wildman–Crippen LogP) is -1.87. The molecule has 0 aliphatic carbocycles. The molecule has 106 valence electrons. The Hall–Kier alpha value is -0.557. The number of H-pyrrole nitrogens is 1. The van der Waals surface area contributed by atoms with Crippen LogP contribution >= 0.6 is 0 Å². The van der Waals surface area contributed by atoms with Crippen LogP contribution in [0.25, 0.3) is 10.8 Å². The number of hydrogen-bond donors (Lipinski definition) is 1. The molecule has 1 heterocycles. The van der Waals surface area contributed by atoms with Crippen molar-refractivity contribution in [2.24, 2.45) is 0 Å². The molecule has 0 spiro atoms. The average molecular weight is 385 g/mol. The molecule has 0 aliphatic rings. The van der Waals surface area contributed by atoms with Crippen LogP contribution in [0.15, 0.2) is 60.8 Å². The standard InChI is InChI=1S/C9H7.C4H4N.C3H6.2ClH.Zr/c1-2-5-9-7-3-6-8(9)4-1;1-2-4-5-3-1;1-3-2;;;/h1-7H;1-3,5H;1-2H3;2*1H;/q2*-1;;;;+2/p-2. The van der Waals surface area contributed by atoms with E-state index in [-0.39, 0.29) is 24.8 Å². The maximum Gasteiger partial charge on any atom is -0.0809 e. The van der Waals surface area contributed by atoms with Gasteiger partial charge in [0.15, 0.2) is 0 Å². The molecule has 1 aromatic heterocycles. The molecule has 1 nitrogen and oxygen atoms in total. The normalized spacial score (nSPS) is 8.00. The zero-order valence-electron chi connectivity index (χ0n) is 11.5. The molecule has 0 fully saturated rings. The second kappa shape index (κ2) is 13.4. The third-order valence-electron chi connectivity index (χ3n) is 1.99. The van der Waals surface area contributed by atoms with Gasteiger partial charge in [-0.1, -0.05) is 6.07 Å². The van der Waals surface area contributed by atoms with E-state index in [1.807, 2.05) is 18.3 Å². The second-order valence-electron chi connectivity index (χ2n) is 3.97. The van der Waals surface area contributed by atoms with Gasteiger partial charge in [0.2, 0.25) is 0 Å². The fourth-order valence-corrected chi connectivity index (χ4v) is 1.31. The van der Waals surface area contributed by atoms with Crippen LogP contribution in [0.3, 0.4) is 0 Å². The van der Waals surface area contributed by atoms with Gasteiger partial charge in [0.1, 0.15) is 0 Å². The molecule has 20 heavy (non-hydrogen) atoms. The van der Waals surface area contributed by atoms with Gasteiger partial charge in [-0.15, -0.1) is 35.8 Å². The van der Waals surface area contributed by atoms with Crippen molar-refractivity contribution < 1.29 is 49.0 Å². The molecule has 0 unspecified atom stereocenters. The van der Waals surface area contributed by atoms with Crippen LogP contribution in [0.1, 0.15) is 13.8 Å². The van der Waals surface area contributed by atoms with E-state index < -0.39 is 0 Å². The van der Waals surface area contributed by atoms with Crippen LogP contribution in [-0.2, 0) is 24.2 Å². The Morgan fingerprint density at radius 2 is 1.75 bits per heavy atom. The van der Waals surface area contributed by atoms with E-state index in [4.69, 9.17) is 0 Å². The summed E-state index contributed by atoms with van der Waals surface area (Å²) in [5.41, 5.74) is 0. The van der Waals surface area contributed by atoms with E-state index in [0.717, 1.165) is 0 Å². The minimum atomic E-state index is 0. The Labute approximate surface area is 148 Å². The molecule has 0 aliphatic heterocycles. The quantitative estimate of drug-likeness (QED) is 0.437. The van der Waals surface area contributed by atoms with E-state index in [1.165, 1.54) is 14.0 Å². The van der Waals surface area contributed by atoms with Crippen molar-refractivity contribution in [2.75, 3.05) is 0 Å². The van der Waals surface area contributed by atoms with Crippen LogP contribution in [-0.4, -0.2) is 8.19 Å². The molecule has 0 saturated heterocycles. The third-order valence-corrected chi connectivity index (χ3v) is 1.99. The van der Waals surface area contributed by atoms with Crippen LogP contribution < -0.4 is 24.8 Å². The maximum absolute atomic E-state index is 2.74. The molecule has 3 aromatic rings. The fraction of sp³-hybridized carbons (Fsp3) is 0.125. The van der Waals surface area contributed by atoms with Gasteiger partial charge in [-0.25, -0.2) is 0 Å². The number of hydrogen-bond acceptors (Lipinski definition) is 0. The van der Waals surface area contributed by atoms with Crippen LogP contribution in [0.4, 0.5) is 0 Å². The largest absolute Gasteiger partial charge is 1.00 e. The van der Waals surface area contributed by atoms with E-state index in [9.17, 15) is 0 Å². The third kappa shape index (κ3) is 10.3. The molecule has 0 bridgehead atoms. The Morgan fingerprint density at radius 1 is 1.10 bits per heavy atom. The zero-order chi connectivity index (χ0) is 13.2. The monoisotopic (exact) mass is 383 g/mol. The Kier molecular flexibility index (Phi) is 14.6. The van der Waals surface area contributed by atoms with Gasteiger partial charge in [0.25, 0.3) is 0 Å². The zero-order valence-corrected chi connectivity index (χ0v) is 15.5. The van der Waals surface area contributed by atoms with Crippen molar-refractivity contribution in [1.82, 2.24) is 4.98 Å². The number of fused-ring (bicyclic) bond motifs is 1. The predicted molar refractivity (Wildman–Crippen MR) is 75.5 cm³/mol. The first-order valence-corrected chi connectivity index (χ1v) is 7.04. The number of aromatic amines is 1. The minimum absolute atomic E-state index is 0. The summed E-state index contributed by atoms with van der Waals surface area (Å²) in [6, 6.07) is 18.4. The van der Waals surface area contributed by atoms with Crippen molar-refractivity contribution in [1.29, 1.82) is 0 Å². The van der Waals surface area contributed by atoms with Crippen molar-refractivity contribution in [3.8, 4) is 0 Å². The maximum atomic E-state index is 2.74. The van der Waals surface area contributed by atoms with Crippen molar-refractivity contribution >= 4 is 14.0 Å². The van der Waals surface area contributed by atoms with E-state index >= 15 is 0 Å². The molecule has 0 radical (unpaired) electrons. The van der Waals surface area contributed by atoms with Crippen molar-refractivity contribution in [2.45, 2.75) is 13.8 Å². The number of halogens is 2. The molecule has 2 aromatic carbocycles. The molecule has 0 saturated carbocycles. The molecule has 0 atom stereocenters. The number of nitrogens with one attached hydrogen (secondary N) is 1. The van der Waals surface area contributed by atoms with Gasteiger partial charge < -0.3 is 29.8 Å². The van der Waals surface area contributed by atoms with Gasteiger partial charge in [-0.3, -0.25) is 0 Å². The molecular weight excluding hydrogens is 368 g/mol. The van der Waals surface area contributed by atoms with Crippen LogP contribution in [0, 0.1) is 6.20 Å². The molecule has 4 heteroatoms. The number of aromatic nitrogens is 1. The van der Waals surface area contributed by atoms with Gasteiger partial charge in [0.05, 0.1) is 0 Å².